The fraction of sp³-hybridized carbons (Fsp3) is 0.375. The minimum Gasteiger partial charge on any atom is -0.332 e. The first-order valence-electron chi connectivity index (χ1n) is 7.19. The first-order chi connectivity index (χ1) is 10.5. The summed E-state index contributed by atoms with van der Waals surface area (Å²) in [5.41, 5.74) is 2.11. The molecule has 0 saturated heterocycles. The lowest BCUT2D eigenvalue weighted by Crippen LogP contribution is -2.38. The Bertz CT molecular complexity index is 641. The zero-order valence-corrected chi connectivity index (χ0v) is 14.1. The maximum atomic E-state index is 12.2. The van der Waals surface area contributed by atoms with Crippen molar-refractivity contribution in [3.05, 3.63) is 47.8 Å². The Hall–Kier alpha value is -1.95. The number of carbonyl (C=O) groups is 1. The van der Waals surface area contributed by atoms with E-state index in [1.54, 1.807) is 22.6 Å². The molecular formula is C16H22N4OS. The minimum atomic E-state index is -0.181. The molecule has 1 aromatic heterocycles. The molecule has 1 aromatic carbocycles. The molecular weight excluding hydrogens is 296 g/mol. The van der Waals surface area contributed by atoms with Gasteiger partial charge in [0, 0.05) is 23.7 Å². The predicted octanol–water partition coefficient (Wildman–Crippen LogP) is 3.26. The summed E-state index contributed by atoms with van der Waals surface area (Å²) in [5, 5.41) is 10.0. The van der Waals surface area contributed by atoms with E-state index in [1.807, 2.05) is 51.5 Å². The van der Waals surface area contributed by atoms with Crippen molar-refractivity contribution in [2.45, 2.75) is 30.8 Å². The van der Waals surface area contributed by atoms with Crippen molar-refractivity contribution in [2.75, 3.05) is 6.26 Å². The van der Waals surface area contributed by atoms with Crippen LogP contribution < -0.4 is 10.6 Å². The Balaban J connectivity index is 1.96. The highest BCUT2D eigenvalue weighted by Gasteiger charge is 2.15. The maximum absolute atomic E-state index is 12.2. The number of thioether (sulfide) groups is 1. The van der Waals surface area contributed by atoms with E-state index < -0.39 is 0 Å². The number of amides is 2. The van der Waals surface area contributed by atoms with Crippen molar-refractivity contribution in [3.8, 4) is 0 Å². The van der Waals surface area contributed by atoms with Gasteiger partial charge in [0.2, 0.25) is 0 Å². The first kappa shape index (κ1) is 16.4. The smallest absolute Gasteiger partial charge is 0.315 e. The van der Waals surface area contributed by atoms with E-state index in [1.165, 1.54) is 4.90 Å². The van der Waals surface area contributed by atoms with Crippen LogP contribution in [0.1, 0.15) is 37.1 Å². The highest BCUT2D eigenvalue weighted by Crippen LogP contribution is 2.25. The lowest BCUT2D eigenvalue weighted by Gasteiger charge is -2.19. The van der Waals surface area contributed by atoms with E-state index in [9.17, 15) is 4.79 Å². The number of carbonyl (C=O) groups excluding carboxylic acids is 1. The summed E-state index contributed by atoms with van der Waals surface area (Å²) < 4.78 is 1.72. The number of nitrogens with zero attached hydrogens (tertiary/aromatic N) is 2. The quantitative estimate of drug-likeness (QED) is 0.832. The third kappa shape index (κ3) is 4.04. The van der Waals surface area contributed by atoms with E-state index in [0.29, 0.717) is 0 Å². The number of rotatable bonds is 5. The fourth-order valence-corrected chi connectivity index (χ4v) is 2.98. The molecule has 5 nitrogen and oxygen atoms in total. The third-order valence-electron chi connectivity index (χ3n) is 3.53. The molecule has 0 aliphatic rings. The highest BCUT2D eigenvalue weighted by atomic mass is 32.2. The summed E-state index contributed by atoms with van der Waals surface area (Å²) >= 11 is 1.68. The van der Waals surface area contributed by atoms with E-state index in [4.69, 9.17) is 0 Å². The fourth-order valence-electron chi connectivity index (χ4n) is 2.28. The second-order valence-electron chi connectivity index (χ2n) is 5.25. The molecule has 0 saturated carbocycles. The molecule has 22 heavy (non-hydrogen) atoms. The topological polar surface area (TPSA) is 59.0 Å². The average molecular weight is 318 g/mol. The van der Waals surface area contributed by atoms with Gasteiger partial charge in [-0.25, -0.2) is 4.79 Å². The molecule has 2 amide bonds. The summed E-state index contributed by atoms with van der Waals surface area (Å²) in [4.78, 5) is 13.3. The van der Waals surface area contributed by atoms with Crippen LogP contribution in [0, 0.1) is 0 Å². The maximum Gasteiger partial charge on any atom is 0.315 e. The van der Waals surface area contributed by atoms with Gasteiger partial charge in [-0.3, -0.25) is 4.68 Å². The van der Waals surface area contributed by atoms with Crippen LogP contribution in [0.5, 0.6) is 0 Å². The van der Waals surface area contributed by atoms with Gasteiger partial charge in [-0.05, 0) is 31.7 Å². The van der Waals surface area contributed by atoms with E-state index in [-0.39, 0.29) is 18.1 Å². The van der Waals surface area contributed by atoms with Gasteiger partial charge < -0.3 is 10.6 Å². The van der Waals surface area contributed by atoms with Gasteiger partial charge in [0.05, 0.1) is 18.3 Å². The van der Waals surface area contributed by atoms with Crippen LogP contribution in [-0.4, -0.2) is 22.1 Å². The van der Waals surface area contributed by atoms with Gasteiger partial charge in [0.25, 0.3) is 0 Å². The van der Waals surface area contributed by atoms with Gasteiger partial charge in [0.1, 0.15) is 0 Å². The van der Waals surface area contributed by atoms with E-state index in [0.717, 1.165) is 11.1 Å². The molecule has 2 N–H and O–H groups in total. The van der Waals surface area contributed by atoms with Gasteiger partial charge in [-0.2, -0.15) is 5.10 Å². The van der Waals surface area contributed by atoms with Crippen molar-refractivity contribution in [1.82, 2.24) is 20.4 Å². The zero-order valence-electron chi connectivity index (χ0n) is 13.3. The Morgan fingerprint density at radius 3 is 2.55 bits per heavy atom. The van der Waals surface area contributed by atoms with Crippen LogP contribution in [0.4, 0.5) is 4.79 Å². The van der Waals surface area contributed by atoms with Crippen molar-refractivity contribution in [2.24, 2.45) is 7.05 Å². The van der Waals surface area contributed by atoms with Crippen molar-refractivity contribution in [3.63, 3.8) is 0 Å². The molecule has 0 spiro atoms. The molecule has 2 atom stereocenters. The molecule has 2 aromatic rings. The molecule has 2 rings (SSSR count). The standard InChI is InChI=1S/C16H22N4OS/c1-11(13-9-17-20(3)10-13)18-16(21)19-12(2)14-7-5-6-8-15(14)22-4/h5-12H,1-4H3,(H2,18,19,21)/t11?,12-/m1/s1. The predicted molar refractivity (Wildman–Crippen MR) is 89.9 cm³/mol. The Morgan fingerprint density at radius 1 is 1.23 bits per heavy atom. The Kier molecular flexibility index (Phi) is 5.49. The molecule has 0 aliphatic carbocycles. The molecule has 6 heteroatoms. The SMILES string of the molecule is CSc1ccccc1[C@@H](C)NC(=O)NC(C)c1cnn(C)c1. The number of hydrogen-bond acceptors (Lipinski definition) is 3. The van der Waals surface area contributed by atoms with Crippen molar-refractivity contribution < 1.29 is 4.79 Å². The summed E-state index contributed by atoms with van der Waals surface area (Å²) in [6.45, 7) is 3.93. The molecule has 0 bridgehead atoms. The van der Waals surface area contributed by atoms with Crippen LogP contribution in [-0.2, 0) is 7.05 Å². The van der Waals surface area contributed by atoms with Crippen LogP contribution >= 0.6 is 11.8 Å². The minimum absolute atomic E-state index is 0.0512. The Morgan fingerprint density at radius 2 is 1.91 bits per heavy atom. The highest BCUT2D eigenvalue weighted by molar-refractivity contribution is 7.98. The molecule has 0 radical (unpaired) electrons. The van der Waals surface area contributed by atoms with Gasteiger partial charge >= 0.3 is 6.03 Å². The van der Waals surface area contributed by atoms with Crippen LogP contribution in [0.2, 0.25) is 0 Å². The van der Waals surface area contributed by atoms with Gasteiger partial charge in [0.15, 0.2) is 0 Å². The number of benzene rings is 1. The number of urea groups is 1. The Labute approximate surface area is 135 Å². The van der Waals surface area contributed by atoms with Crippen molar-refractivity contribution in [1.29, 1.82) is 0 Å². The van der Waals surface area contributed by atoms with Gasteiger partial charge in [-0.15, -0.1) is 11.8 Å². The second-order valence-corrected chi connectivity index (χ2v) is 6.10. The third-order valence-corrected chi connectivity index (χ3v) is 4.34. The number of aromatic nitrogens is 2. The molecule has 118 valence electrons. The van der Waals surface area contributed by atoms with Crippen LogP contribution in [0.25, 0.3) is 0 Å². The zero-order chi connectivity index (χ0) is 16.1. The van der Waals surface area contributed by atoms with Gasteiger partial charge in [-0.1, -0.05) is 18.2 Å². The number of nitrogens with one attached hydrogen (secondary N) is 2. The monoisotopic (exact) mass is 318 g/mol. The lowest BCUT2D eigenvalue weighted by atomic mass is 10.1. The van der Waals surface area contributed by atoms with E-state index >= 15 is 0 Å². The number of aryl methyl sites for hydroxylation is 1. The summed E-state index contributed by atoms with van der Waals surface area (Å²) in [6, 6.07) is 7.78. The van der Waals surface area contributed by atoms with Crippen LogP contribution in [0.3, 0.4) is 0 Å². The molecule has 0 fully saturated rings. The molecule has 0 aliphatic heterocycles. The first-order valence-corrected chi connectivity index (χ1v) is 8.42. The summed E-state index contributed by atoms with van der Waals surface area (Å²) in [6.07, 6.45) is 5.70. The molecule has 1 heterocycles. The lowest BCUT2D eigenvalue weighted by molar-refractivity contribution is 0.235. The van der Waals surface area contributed by atoms with Crippen LogP contribution in [0.15, 0.2) is 41.6 Å². The summed E-state index contributed by atoms with van der Waals surface area (Å²) in [5.74, 6) is 0. The normalized spacial score (nSPS) is 13.5. The van der Waals surface area contributed by atoms with Crippen molar-refractivity contribution >= 4 is 17.8 Å². The number of hydrogen-bond donors (Lipinski definition) is 2. The average Bonchev–Trinajstić information content (AvgIpc) is 2.93. The second kappa shape index (κ2) is 7.35. The largest absolute Gasteiger partial charge is 0.332 e. The summed E-state index contributed by atoms with van der Waals surface area (Å²) in [7, 11) is 1.86. The molecule has 1 unspecified atom stereocenters. The van der Waals surface area contributed by atoms with E-state index in [2.05, 4.69) is 21.8 Å².